The third kappa shape index (κ3) is 9.39. The summed E-state index contributed by atoms with van der Waals surface area (Å²) in [6.07, 6.45) is 0.610. The number of piperidine rings is 1. The smallest absolute Gasteiger partial charge is 0.315 e. The van der Waals surface area contributed by atoms with E-state index in [9.17, 15) is 33.6 Å². The number of likely N-dealkylation sites (N-methyl/N-ethyl adjacent to an activating group) is 1. The molecule has 14 heteroatoms. The summed E-state index contributed by atoms with van der Waals surface area (Å²) in [5, 5.41) is 13.2. The largest absolute Gasteiger partial charge is 0.347 e. The summed E-state index contributed by atoms with van der Waals surface area (Å²) >= 11 is 0. The van der Waals surface area contributed by atoms with Gasteiger partial charge in [0.15, 0.2) is 0 Å². The molecular formula is C36H55N7O7. The van der Waals surface area contributed by atoms with Gasteiger partial charge >= 0.3 is 6.03 Å². The molecule has 0 spiro atoms. The fourth-order valence-corrected chi connectivity index (χ4v) is 6.69. The second kappa shape index (κ2) is 16.0. The quantitative estimate of drug-likeness (QED) is 0.182. The van der Waals surface area contributed by atoms with E-state index in [2.05, 4.69) is 26.6 Å². The molecule has 1 aromatic carbocycles. The number of carbonyl (C=O) groups is 7. The third-order valence-corrected chi connectivity index (χ3v) is 9.54. The topological polar surface area (TPSA) is 186 Å². The molecule has 14 nitrogen and oxygen atoms in total. The Morgan fingerprint density at radius 3 is 2.10 bits per heavy atom. The molecule has 1 heterocycles. The van der Waals surface area contributed by atoms with Gasteiger partial charge in [-0.1, -0.05) is 78.3 Å². The van der Waals surface area contributed by atoms with E-state index >= 15 is 0 Å². The molecule has 5 N–H and O–H groups in total. The van der Waals surface area contributed by atoms with E-state index < -0.39 is 71.6 Å². The molecule has 276 valence electrons. The first kappa shape index (κ1) is 39.9. The molecule has 0 aromatic heterocycles. The monoisotopic (exact) mass is 697 g/mol. The van der Waals surface area contributed by atoms with Crippen molar-refractivity contribution in [2.24, 2.45) is 22.7 Å². The number of hydrogen-bond acceptors (Lipinski definition) is 7. The van der Waals surface area contributed by atoms with Crippen LogP contribution >= 0.6 is 0 Å². The zero-order chi connectivity index (χ0) is 37.7. The lowest BCUT2D eigenvalue weighted by Gasteiger charge is -2.38. The van der Waals surface area contributed by atoms with Gasteiger partial charge in [-0.25, -0.2) is 4.79 Å². The molecular weight excluding hydrogens is 642 g/mol. The lowest BCUT2D eigenvalue weighted by Crippen LogP contribution is -2.61. The van der Waals surface area contributed by atoms with Gasteiger partial charge < -0.3 is 36.4 Å². The van der Waals surface area contributed by atoms with Crippen molar-refractivity contribution in [2.45, 2.75) is 98.4 Å². The summed E-state index contributed by atoms with van der Waals surface area (Å²) in [6, 6.07) is 3.95. The van der Waals surface area contributed by atoms with Gasteiger partial charge in [-0.15, -0.1) is 0 Å². The van der Waals surface area contributed by atoms with Gasteiger partial charge in [0.25, 0.3) is 5.91 Å². The van der Waals surface area contributed by atoms with Gasteiger partial charge in [-0.05, 0) is 48.5 Å². The molecule has 1 aromatic rings. The molecule has 1 aliphatic carbocycles. The number of amides is 7. The maximum Gasteiger partial charge on any atom is 0.315 e. The van der Waals surface area contributed by atoms with Crippen molar-refractivity contribution in [3.8, 4) is 0 Å². The highest BCUT2D eigenvalue weighted by molar-refractivity contribution is 6.38. The molecule has 2 unspecified atom stereocenters. The van der Waals surface area contributed by atoms with Crippen molar-refractivity contribution >= 4 is 41.4 Å². The number of likely N-dealkylation sites (tertiary alicyclic amines) is 1. The molecule has 3 rings (SSSR count). The molecule has 0 bridgehead atoms. The summed E-state index contributed by atoms with van der Waals surface area (Å²) in [5.41, 5.74) is -0.351. The number of benzene rings is 1. The minimum absolute atomic E-state index is 0.0496. The van der Waals surface area contributed by atoms with E-state index in [0.29, 0.717) is 18.5 Å². The van der Waals surface area contributed by atoms with Crippen LogP contribution in [0.2, 0.25) is 0 Å². The maximum atomic E-state index is 14.1. The Bertz CT molecular complexity index is 1450. The van der Waals surface area contributed by atoms with E-state index in [4.69, 9.17) is 0 Å². The zero-order valence-corrected chi connectivity index (χ0v) is 31.0. The van der Waals surface area contributed by atoms with Crippen LogP contribution in [0.3, 0.4) is 0 Å². The van der Waals surface area contributed by atoms with Crippen LogP contribution in [0.25, 0.3) is 0 Å². The number of Topliss-reactive ketones (excluding diaryl/α,β-unsaturated/α-hetero) is 1. The van der Waals surface area contributed by atoms with E-state index in [-0.39, 0.29) is 35.6 Å². The first-order chi connectivity index (χ1) is 23.2. The highest BCUT2D eigenvalue weighted by atomic mass is 16.2. The van der Waals surface area contributed by atoms with Gasteiger partial charge in [0.2, 0.25) is 29.4 Å². The SMILES string of the molecule is CCCC(NC(=O)[C@@H]1C2[C@H](CN1C(=O)[C@@H](NC(=O)NC(C)C)C(C)(C)C)C2(C)C)C(=O)C(=O)NCC(=O)N[C@H](C(=O)N(C)C)c1ccccc1. The summed E-state index contributed by atoms with van der Waals surface area (Å²) < 4.78 is 0. The number of nitrogens with zero attached hydrogens (tertiary/aromatic N) is 2. The van der Waals surface area contributed by atoms with E-state index in [1.54, 1.807) is 51.4 Å². The number of fused-ring (bicyclic) bond motifs is 1. The number of rotatable bonds is 14. The van der Waals surface area contributed by atoms with Gasteiger partial charge in [-0.3, -0.25) is 28.8 Å². The molecule has 50 heavy (non-hydrogen) atoms. The minimum atomic E-state index is -1.20. The normalized spacial score (nSPS) is 20.8. The van der Waals surface area contributed by atoms with Crippen molar-refractivity contribution in [1.29, 1.82) is 0 Å². The van der Waals surface area contributed by atoms with Gasteiger partial charge in [0, 0.05) is 26.7 Å². The Morgan fingerprint density at radius 2 is 1.56 bits per heavy atom. The first-order valence-corrected chi connectivity index (χ1v) is 17.3. The number of ketones is 1. The second-order valence-electron chi connectivity index (χ2n) is 15.5. The molecule has 6 atom stereocenters. The lowest BCUT2D eigenvalue weighted by molar-refractivity contribution is -0.145. The van der Waals surface area contributed by atoms with Crippen molar-refractivity contribution in [2.75, 3.05) is 27.2 Å². The van der Waals surface area contributed by atoms with Crippen molar-refractivity contribution < 1.29 is 33.6 Å². The summed E-state index contributed by atoms with van der Waals surface area (Å²) in [4.78, 5) is 95.5. The van der Waals surface area contributed by atoms with Gasteiger partial charge in [-0.2, -0.15) is 0 Å². The predicted octanol–water partition coefficient (Wildman–Crippen LogP) is 1.51. The van der Waals surface area contributed by atoms with Crippen LogP contribution in [-0.4, -0.2) is 103 Å². The number of urea groups is 1. The Kier molecular flexibility index (Phi) is 12.8. The van der Waals surface area contributed by atoms with Crippen LogP contribution in [0.4, 0.5) is 4.79 Å². The molecule has 1 saturated heterocycles. The van der Waals surface area contributed by atoms with Crippen LogP contribution in [0.1, 0.15) is 79.8 Å². The summed E-state index contributed by atoms with van der Waals surface area (Å²) in [5.74, 6) is -4.13. The van der Waals surface area contributed by atoms with Crippen LogP contribution in [0, 0.1) is 22.7 Å². The number of carbonyl (C=O) groups excluding carboxylic acids is 7. The Balaban J connectivity index is 1.72. The Hall–Kier alpha value is -4.49. The maximum absolute atomic E-state index is 14.1. The third-order valence-electron chi connectivity index (χ3n) is 9.54. The highest BCUT2D eigenvalue weighted by Crippen LogP contribution is 2.65. The molecule has 2 fully saturated rings. The van der Waals surface area contributed by atoms with Gasteiger partial charge in [0.1, 0.15) is 18.1 Å². The van der Waals surface area contributed by atoms with Crippen LogP contribution in [0.15, 0.2) is 30.3 Å². The Morgan fingerprint density at radius 1 is 0.940 bits per heavy atom. The highest BCUT2D eigenvalue weighted by Gasteiger charge is 2.70. The average molecular weight is 698 g/mol. The fourth-order valence-electron chi connectivity index (χ4n) is 6.69. The van der Waals surface area contributed by atoms with Crippen LogP contribution < -0.4 is 26.6 Å². The van der Waals surface area contributed by atoms with E-state index in [1.807, 2.05) is 48.5 Å². The number of hydrogen-bond donors (Lipinski definition) is 5. The molecule has 1 aliphatic heterocycles. The van der Waals surface area contributed by atoms with E-state index in [0.717, 1.165) is 0 Å². The molecule has 7 amide bonds. The van der Waals surface area contributed by atoms with Crippen molar-refractivity contribution in [1.82, 2.24) is 36.4 Å². The van der Waals surface area contributed by atoms with Crippen LogP contribution in [0.5, 0.6) is 0 Å². The van der Waals surface area contributed by atoms with Crippen LogP contribution in [-0.2, 0) is 28.8 Å². The fraction of sp³-hybridized carbons (Fsp3) is 0.639. The molecule has 1 saturated carbocycles. The van der Waals surface area contributed by atoms with E-state index in [1.165, 1.54) is 9.80 Å². The van der Waals surface area contributed by atoms with Crippen molar-refractivity contribution in [3.63, 3.8) is 0 Å². The lowest BCUT2D eigenvalue weighted by atomic mass is 9.85. The standard InChI is InChI=1S/C36H55N7O7/c1-11-15-23(28(45)31(47)37-18-24(44)40-26(32(48)42(9)10)21-16-13-12-14-17-21)39-30(46)27-25-22(36(25,7)8)19-43(27)33(49)29(35(4,5)6)41-34(50)38-20(2)3/h12-14,16-17,20,22-23,25-27,29H,11,15,18-19H2,1-10H3,(H,37,47)(H,39,46)(H,40,44)(H2,38,41,50)/t22-,23?,25?,26-,27-,29+/m0/s1. The first-order valence-electron chi connectivity index (χ1n) is 17.3. The minimum Gasteiger partial charge on any atom is -0.347 e. The second-order valence-corrected chi connectivity index (χ2v) is 15.5. The summed E-state index contributed by atoms with van der Waals surface area (Å²) in [6.45, 7) is 14.7. The van der Waals surface area contributed by atoms with Gasteiger partial charge in [0.05, 0.1) is 12.6 Å². The number of nitrogens with one attached hydrogen (secondary N) is 5. The predicted molar refractivity (Wildman–Crippen MR) is 187 cm³/mol. The van der Waals surface area contributed by atoms with Crippen molar-refractivity contribution in [3.05, 3.63) is 35.9 Å². The summed E-state index contributed by atoms with van der Waals surface area (Å²) in [7, 11) is 3.12. The zero-order valence-electron chi connectivity index (χ0n) is 31.0. The molecule has 2 aliphatic rings. The average Bonchev–Trinajstić information content (AvgIpc) is 3.33. The Labute approximate surface area is 295 Å². The molecule has 0 radical (unpaired) electrons.